The Morgan fingerprint density at radius 3 is 2.62 bits per heavy atom. The highest BCUT2D eigenvalue weighted by molar-refractivity contribution is 5.95. The van der Waals surface area contributed by atoms with Gasteiger partial charge in [0.25, 0.3) is 5.91 Å². The normalized spacial score (nSPS) is 10.2. The molecule has 0 saturated heterocycles. The minimum absolute atomic E-state index is 0.107. The van der Waals surface area contributed by atoms with E-state index in [-0.39, 0.29) is 11.7 Å². The highest BCUT2D eigenvalue weighted by atomic mass is 19.1. The fraction of sp³-hybridized carbons (Fsp3) is 0.188. The zero-order valence-corrected chi connectivity index (χ0v) is 12.1. The quantitative estimate of drug-likeness (QED) is 0.850. The molecule has 0 fully saturated rings. The molecule has 2 aromatic rings. The van der Waals surface area contributed by atoms with E-state index in [0.29, 0.717) is 29.0 Å². The second kappa shape index (κ2) is 6.26. The van der Waals surface area contributed by atoms with Crippen molar-refractivity contribution in [2.24, 2.45) is 0 Å². The van der Waals surface area contributed by atoms with Gasteiger partial charge in [-0.25, -0.2) is 4.39 Å². The molecule has 0 bridgehead atoms. The topological polar surface area (TPSA) is 58.4 Å². The summed E-state index contributed by atoms with van der Waals surface area (Å²) in [4.78, 5) is 13.4. The molecule has 0 aromatic heterocycles. The van der Waals surface area contributed by atoms with Crippen molar-refractivity contribution < 1.29 is 9.18 Å². The van der Waals surface area contributed by atoms with Crippen LogP contribution in [-0.4, -0.2) is 24.9 Å². The minimum atomic E-state index is -0.274. The van der Waals surface area contributed by atoms with Gasteiger partial charge in [0.05, 0.1) is 11.4 Å². The Kier molecular flexibility index (Phi) is 4.42. The number of nitrogen functional groups attached to an aromatic ring is 1. The number of carbonyl (C=O) groups excluding carboxylic acids is 1. The molecular weight excluding hydrogens is 269 g/mol. The minimum Gasteiger partial charge on any atom is -0.397 e. The van der Waals surface area contributed by atoms with Gasteiger partial charge in [0.1, 0.15) is 5.82 Å². The Morgan fingerprint density at radius 2 is 1.95 bits per heavy atom. The van der Waals surface area contributed by atoms with Gasteiger partial charge in [0.15, 0.2) is 0 Å². The second-order valence-corrected chi connectivity index (χ2v) is 4.95. The van der Waals surface area contributed by atoms with Crippen molar-refractivity contribution in [1.29, 1.82) is 0 Å². The summed E-state index contributed by atoms with van der Waals surface area (Å²) in [5.41, 5.74) is 8.09. The highest BCUT2D eigenvalue weighted by Crippen LogP contribution is 2.22. The third-order valence-electron chi connectivity index (χ3n) is 3.13. The molecule has 1 amide bonds. The van der Waals surface area contributed by atoms with Gasteiger partial charge in [-0.2, -0.15) is 0 Å². The molecular formula is C16H18FN3O. The SMILES string of the molecule is CN(C)C(=O)c1ccc(N)c(NCc2ccccc2F)c1. The summed E-state index contributed by atoms with van der Waals surface area (Å²) < 4.78 is 13.6. The van der Waals surface area contributed by atoms with Crippen LogP contribution in [0.15, 0.2) is 42.5 Å². The number of anilines is 2. The molecule has 2 rings (SSSR count). The van der Waals surface area contributed by atoms with Crippen LogP contribution in [0.5, 0.6) is 0 Å². The van der Waals surface area contributed by atoms with E-state index in [9.17, 15) is 9.18 Å². The van der Waals surface area contributed by atoms with E-state index in [1.807, 2.05) is 0 Å². The van der Waals surface area contributed by atoms with Crippen molar-refractivity contribution in [2.45, 2.75) is 6.54 Å². The average molecular weight is 287 g/mol. The molecule has 3 N–H and O–H groups in total. The molecule has 0 aliphatic carbocycles. The Morgan fingerprint density at radius 1 is 1.24 bits per heavy atom. The lowest BCUT2D eigenvalue weighted by Gasteiger charge is -2.14. The maximum atomic E-state index is 13.6. The molecule has 5 heteroatoms. The average Bonchev–Trinajstić information content (AvgIpc) is 2.47. The predicted octanol–water partition coefficient (Wildman–Crippen LogP) is 2.72. The van der Waals surface area contributed by atoms with Gasteiger partial charge in [-0.15, -0.1) is 0 Å². The standard InChI is InChI=1S/C16H18FN3O/c1-20(2)16(21)11-7-8-14(18)15(9-11)19-10-12-5-3-4-6-13(12)17/h3-9,19H,10,18H2,1-2H3. The van der Waals surface area contributed by atoms with Crippen LogP contribution in [0, 0.1) is 5.82 Å². The van der Waals surface area contributed by atoms with Crippen molar-refractivity contribution in [1.82, 2.24) is 4.90 Å². The summed E-state index contributed by atoms with van der Waals surface area (Å²) in [5, 5.41) is 3.07. The number of nitrogens with two attached hydrogens (primary N) is 1. The third-order valence-corrected chi connectivity index (χ3v) is 3.13. The molecule has 4 nitrogen and oxygen atoms in total. The van der Waals surface area contributed by atoms with Gasteiger partial charge in [-0.05, 0) is 24.3 Å². The largest absolute Gasteiger partial charge is 0.397 e. The molecule has 0 aliphatic rings. The third kappa shape index (κ3) is 3.51. The lowest BCUT2D eigenvalue weighted by atomic mass is 10.1. The lowest BCUT2D eigenvalue weighted by molar-refractivity contribution is 0.0827. The van der Waals surface area contributed by atoms with E-state index in [4.69, 9.17) is 5.73 Å². The number of hydrogen-bond acceptors (Lipinski definition) is 3. The van der Waals surface area contributed by atoms with Crippen LogP contribution in [0.4, 0.5) is 15.8 Å². The van der Waals surface area contributed by atoms with Crippen LogP contribution < -0.4 is 11.1 Å². The molecule has 0 radical (unpaired) electrons. The van der Waals surface area contributed by atoms with Crippen molar-refractivity contribution in [2.75, 3.05) is 25.1 Å². The summed E-state index contributed by atoms with van der Waals surface area (Å²) in [6, 6.07) is 11.5. The maximum absolute atomic E-state index is 13.6. The monoisotopic (exact) mass is 287 g/mol. The number of benzene rings is 2. The number of hydrogen-bond donors (Lipinski definition) is 2. The summed E-state index contributed by atoms with van der Waals surface area (Å²) in [5.74, 6) is -0.381. The van der Waals surface area contributed by atoms with Gasteiger partial charge in [0, 0.05) is 31.8 Å². The van der Waals surface area contributed by atoms with Crippen LogP contribution in [0.25, 0.3) is 0 Å². The number of nitrogens with zero attached hydrogens (tertiary/aromatic N) is 1. The van der Waals surface area contributed by atoms with Crippen molar-refractivity contribution in [3.63, 3.8) is 0 Å². The number of halogens is 1. The predicted molar refractivity (Wildman–Crippen MR) is 82.6 cm³/mol. The van der Waals surface area contributed by atoms with E-state index in [1.54, 1.807) is 50.5 Å². The van der Waals surface area contributed by atoms with Crippen LogP contribution in [0.3, 0.4) is 0 Å². The Hall–Kier alpha value is -2.56. The molecule has 0 spiro atoms. The number of nitrogens with one attached hydrogen (secondary N) is 1. The van der Waals surface area contributed by atoms with E-state index < -0.39 is 0 Å². The van der Waals surface area contributed by atoms with Crippen molar-refractivity contribution >= 4 is 17.3 Å². The molecule has 2 aromatic carbocycles. The summed E-state index contributed by atoms with van der Waals surface area (Å²) >= 11 is 0. The number of rotatable bonds is 4. The number of amides is 1. The zero-order chi connectivity index (χ0) is 15.4. The fourth-order valence-electron chi connectivity index (χ4n) is 1.93. The molecule has 0 aliphatic heterocycles. The van der Waals surface area contributed by atoms with Crippen LogP contribution >= 0.6 is 0 Å². The van der Waals surface area contributed by atoms with Gasteiger partial charge < -0.3 is 16.0 Å². The first-order valence-corrected chi connectivity index (χ1v) is 6.57. The van der Waals surface area contributed by atoms with Gasteiger partial charge in [-0.1, -0.05) is 18.2 Å². The Bertz CT molecular complexity index is 656. The summed E-state index contributed by atoms with van der Waals surface area (Å²) in [7, 11) is 3.37. The first-order chi connectivity index (χ1) is 9.99. The first kappa shape index (κ1) is 14.8. The highest BCUT2D eigenvalue weighted by Gasteiger charge is 2.10. The van der Waals surface area contributed by atoms with Gasteiger partial charge >= 0.3 is 0 Å². The van der Waals surface area contributed by atoms with Crippen LogP contribution in [0.2, 0.25) is 0 Å². The second-order valence-electron chi connectivity index (χ2n) is 4.95. The lowest BCUT2D eigenvalue weighted by Crippen LogP contribution is -2.21. The molecule has 0 saturated carbocycles. The Balaban J connectivity index is 2.18. The summed E-state index contributed by atoms with van der Waals surface area (Å²) in [6.45, 7) is 0.302. The molecule has 21 heavy (non-hydrogen) atoms. The fourth-order valence-corrected chi connectivity index (χ4v) is 1.93. The Labute approximate surface area is 123 Å². The van der Waals surface area contributed by atoms with E-state index in [2.05, 4.69) is 5.32 Å². The number of carbonyl (C=O) groups is 1. The van der Waals surface area contributed by atoms with Gasteiger partial charge in [0.2, 0.25) is 0 Å². The molecule has 0 heterocycles. The maximum Gasteiger partial charge on any atom is 0.253 e. The van der Waals surface area contributed by atoms with Crippen LogP contribution in [-0.2, 0) is 6.54 Å². The first-order valence-electron chi connectivity index (χ1n) is 6.57. The van der Waals surface area contributed by atoms with Crippen molar-refractivity contribution in [3.8, 4) is 0 Å². The van der Waals surface area contributed by atoms with E-state index in [1.165, 1.54) is 11.0 Å². The molecule has 0 atom stereocenters. The van der Waals surface area contributed by atoms with E-state index >= 15 is 0 Å². The van der Waals surface area contributed by atoms with Crippen molar-refractivity contribution in [3.05, 3.63) is 59.4 Å². The van der Waals surface area contributed by atoms with Gasteiger partial charge in [-0.3, -0.25) is 4.79 Å². The van der Waals surface area contributed by atoms with Crippen LogP contribution in [0.1, 0.15) is 15.9 Å². The summed E-state index contributed by atoms with van der Waals surface area (Å²) in [6.07, 6.45) is 0. The molecule has 110 valence electrons. The van der Waals surface area contributed by atoms with E-state index in [0.717, 1.165) is 0 Å². The zero-order valence-electron chi connectivity index (χ0n) is 12.1. The smallest absolute Gasteiger partial charge is 0.253 e. The molecule has 0 unspecified atom stereocenters.